The molecule has 198 valence electrons. The minimum absolute atomic E-state index is 0.00244. The molecule has 0 fully saturated rings. The third kappa shape index (κ3) is 4.59. The molecule has 0 saturated heterocycles. The summed E-state index contributed by atoms with van der Waals surface area (Å²) in [5, 5.41) is 21.2. The summed E-state index contributed by atoms with van der Waals surface area (Å²) in [5.74, 6) is -0.352. The van der Waals surface area contributed by atoms with Crippen LogP contribution in [0.15, 0.2) is 59.1 Å². The number of carbonyl (C=O) groups is 2. The fourth-order valence-corrected chi connectivity index (χ4v) is 5.02. The molecule has 1 aliphatic heterocycles. The van der Waals surface area contributed by atoms with E-state index in [0.717, 1.165) is 0 Å². The van der Waals surface area contributed by atoms with Gasteiger partial charge in [-0.15, -0.1) is 0 Å². The van der Waals surface area contributed by atoms with Crippen molar-refractivity contribution in [3.05, 3.63) is 70.2 Å². The van der Waals surface area contributed by atoms with E-state index in [1.807, 2.05) is 13.8 Å². The standard InChI is InChI=1S/C28H30N4O6/c1-28(2)12-19-24(20(34)13-28)23(16-10-21(36-3)25(38-5)22(11-16)37-4)18(14-29)26(30)32(19)31-27(35)15-6-8-17(33)9-7-15/h6-11,23,33H,12-13,30H2,1-5H3,(H,31,35). The molecule has 38 heavy (non-hydrogen) atoms. The number of amides is 1. The summed E-state index contributed by atoms with van der Waals surface area (Å²) >= 11 is 0. The molecular weight excluding hydrogens is 488 g/mol. The number of phenols is 1. The molecule has 0 saturated carbocycles. The van der Waals surface area contributed by atoms with Gasteiger partial charge in [-0.1, -0.05) is 13.8 Å². The number of Topliss-reactive ketones (excluding diaryl/α,β-unsaturated/α-hetero) is 1. The Kier molecular flexibility index (Phi) is 6.96. The Morgan fingerprint density at radius 3 is 2.24 bits per heavy atom. The highest BCUT2D eigenvalue weighted by Gasteiger charge is 2.45. The minimum Gasteiger partial charge on any atom is -0.508 e. The van der Waals surface area contributed by atoms with Gasteiger partial charge in [-0.25, -0.2) is 5.01 Å². The number of nitrogens with one attached hydrogen (secondary N) is 1. The fraction of sp³-hybridized carbons (Fsp3) is 0.321. The lowest BCUT2D eigenvalue weighted by Crippen LogP contribution is -2.49. The molecule has 1 atom stereocenters. The minimum atomic E-state index is -0.811. The number of nitrogens with two attached hydrogens (primary N) is 1. The number of nitriles is 1. The van der Waals surface area contributed by atoms with E-state index in [1.54, 1.807) is 12.1 Å². The van der Waals surface area contributed by atoms with E-state index in [1.165, 1.54) is 50.6 Å². The molecule has 2 aromatic carbocycles. The highest BCUT2D eigenvalue weighted by Crippen LogP contribution is 2.50. The molecule has 4 N–H and O–H groups in total. The van der Waals surface area contributed by atoms with Crippen LogP contribution in [0.2, 0.25) is 0 Å². The number of methoxy groups -OCH3 is 3. The molecule has 2 aromatic rings. The van der Waals surface area contributed by atoms with Gasteiger partial charge in [0.05, 0.1) is 44.6 Å². The number of nitrogens with zero attached hydrogens (tertiary/aromatic N) is 2. The van der Waals surface area contributed by atoms with Crippen LogP contribution in [0.1, 0.15) is 48.5 Å². The molecule has 1 heterocycles. The zero-order chi connectivity index (χ0) is 27.8. The van der Waals surface area contributed by atoms with Gasteiger partial charge >= 0.3 is 0 Å². The van der Waals surface area contributed by atoms with Crippen LogP contribution in [0, 0.1) is 16.7 Å². The number of hydrogen-bond donors (Lipinski definition) is 3. The lowest BCUT2D eigenvalue weighted by Gasteiger charge is -2.43. The first kappa shape index (κ1) is 26.4. The zero-order valence-electron chi connectivity index (χ0n) is 21.9. The molecular formula is C28H30N4O6. The molecule has 1 unspecified atom stereocenters. The lowest BCUT2D eigenvalue weighted by molar-refractivity contribution is -0.118. The maximum Gasteiger partial charge on any atom is 0.270 e. The SMILES string of the molecule is COc1cc(C2C(C#N)=C(N)N(NC(=O)c3ccc(O)cc3)C3=C2C(=O)CC(C)(C)C3)cc(OC)c1OC. The third-order valence-corrected chi connectivity index (χ3v) is 6.74. The van der Waals surface area contributed by atoms with Crippen LogP contribution in [0.3, 0.4) is 0 Å². The largest absolute Gasteiger partial charge is 0.508 e. The van der Waals surface area contributed by atoms with Crippen LogP contribution in [-0.4, -0.2) is 43.1 Å². The van der Waals surface area contributed by atoms with Crippen molar-refractivity contribution in [1.29, 1.82) is 5.26 Å². The Balaban J connectivity index is 1.91. The summed E-state index contributed by atoms with van der Waals surface area (Å²) in [6.07, 6.45) is 0.676. The van der Waals surface area contributed by atoms with Crippen LogP contribution < -0.4 is 25.4 Å². The van der Waals surface area contributed by atoms with Crippen molar-refractivity contribution in [3.63, 3.8) is 0 Å². The van der Waals surface area contributed by atoms with Crippen LogP contribution in [0.5, 0.6) is 23.0 Å². The number of hydrogen-bond acceptors (Lipinski definition) is 9. The van der Waals surface area contributed by atoms with Crippen LogP contribution >= 0.6 is 0 Å². The van der Waals surface area contributed by atoms with E-state index < -0.39 is 17.2 Å². The van der Waals surface area contributed by atoms with Crippen LogP contribution in [0.4, 0.5) is 0 Å². The highest BCUT2D eigenvalue weighted by atomic mass is 16.5. The van der Waals surface area contributed by atoms with Crippen molar-refractivity contribution in [2.24, 2.45) is 11.1 Å². The first-order valence-corrected chi connectivity index (χ1v) is 11.9. The summed E-state index contributed by atoms with van der Waals surface area (Å²) in [4.78, 5) is 26.8. The maximum absolute atomic E-state index is 13.7. The van der Waals surface area contributed by atoms with Gasteiger partial charge in [0, 0.05) is 17.6 Å². The summed E-state index contributed by atoms with van der Waals surface area (Å²) in [6.45, 7) is 3.92. The van der Waals surface area contributed by atoms with E-state index >= 15 is 0 Å². The van der Waals surface area contributed by atoms with E-state index in [2.05, 4.69) is 11.5 Å². The lowest BCUT2D eigenvalue weighted by atomic mass is 9.69. The number of ketones is 1. The van der Waals surface area contributed by atoms with Gasteiger partial charge < -0.3 is 25.1 Å². The predicted octanol–water partition coefficient (Wildman–Crippen LogP) is 3.50. The zero-order valence-corrected chi connectivity index (χ0v) is 21.9. The van der Waals surface area contributed by atoms with Gasteiger partial charge in [0.25, 0.3) is 5.91 Å². The van der Waals surface area contributed by atoms with Gasteiger partial charge in [-0.3, -0.25) is 15.0 Å². The van der Waals surface area contributed by atoms with E-state index in [-0.39, 0.29) is 34.9 Å². The Bertz CT molecular complexity index is 1380. The Morgan fingerprint density at radius 2 is 1.71 bits per heavy atom. The number of rotatable bonds is 6. The molecule has 10 nitrogen and oxygen atoms in total. The summed E-state index contributed by atoms with van der Waals surface area (Å²) in [7, 11) is 4.45. The number of carbonyl (C=O) groups excluding carboxylic acids is 2. The van der Waals surface area contributed by atoms with Gasteiger partial charge in [0.1, 0.15) is 11.6 Å². The fourth-order valence-electron chi connectivity index (χ4n) is 5.02. The molecule has 2 aliphatic rings. The molecule has 0 aromatic heterocycles. The van der Waals surface area contributed by atoms with Crippen molar-refractivity contribution >= 4 is 11.7 Å². The average molecular weight is 519 g/mol. The molecule has 0 radical (unpaired) electrons. The van der Waals surface area contributed by atoms with Gasteiger partial charge in [-0.2, -0.15) is 5.26 Å². The summed E-state index contributed by atoms with van der Waals surface area (Å²) < 4.78 is 16.5. The molecule has 1 aliphatic carbocycles. The number of aromatic hydroxyl groups is 1. The number of ether oxygens (including phenoxy) is 3. The smallest absolute Gasteiger partial charge is 0.270 e. The highest BCUT2D eigenvalue weighted by molar-refractivity contribution is 6.01. The first-order valence-electron chi connectivity index (χ1n) is 11.9. The summed E-state index contributed by atoms with van der Waals surface area (Å²) in [5.41, 5.74) is 10.7. The Hall–Kier alpha value is -4.65. The predicted molar refractivity (Wildman–Crippen MR) is 138 cm³/mol. The normalized spacial score (nSPS) is 18.5. The van der Waals surface area contributed by atoms with E-state index in [0.29, 0.717) is 40.5 Å². The van der Waals surface area contributed by atoms with Crippen LogP contribution in [0.25, 0.3) is 0 Å². The summed E-state index contributed by atoms with van der Waals surface area (Å²) in [6, 6.07) is 11.3. The topological polar surface area (TPSA) is 147 Å². The van der Waals surface area contributed by atoms with Crippen molar-refractivity contribution in [3.8, 4) is 29.1 Å². The van der Waals surface area contributed by atoms with E-state index in [4.69, 9.17) is 19.9 Å². The average Bonchev–Trinajstić information content (AvgIpc) is 2.88. The van der Waals surface area contributed by atoms with Crippen LogP contribution in [-0.2, 0) is 4.79 Å². The molecule has 10 heteroatoms. The second-order valence-electron chi connectivity index (χ2n) is 9.93. The Labute approximate surface area is 220 Å². The van der Waals surface area contributed by atoms with Gasteiger partial charge in [-0.05, 0) is 53.8 Å². The molecule has 0 bridgehead atoms. The monoisotopic (exact) mass is 518 g/mol. The van der Waals surface area contributed by atoms with Gasteiger partial charge in [0.2, 0.25) is 5.75 Å². The first-order chi connectivity index (χ1) is 18.0. The van der Waals surface area contributed by atoms with Crippen molar-refractivity contribution in [1.82, 2.24) is 10.4 Å². The molecule has 0 spiro atoms. The Morgan fingerprint density at radius 1 is 1.11 bits per heavy atom. The second-order valence-corrected chi connectivity index (χ2v) is 9.93. The van der Waals surface area contributed by atoms with Crippen molar-refractivity contribution in [2.75, 3.05) is 21.3 Å². The van der Waals surface area contributed by atoms with Crippen molar-refractivity contribution in [2.45, 2.75) is 32.6 Å². The number of benzene rings is 2. The quantitative estimate of drug-likeness (QED) is 0.523. The van der Waals surface area contributed by atoms with Gasteiger partial charge in [0.15, 0.2) is 17.3 Å². The van der Waals surface area contributed by atoms with Crippen molar-refractivity contribution < 1.29 is 28.9 Å². The molecule has 1 amide bonds. The number of phenolic OH excluding ortho intramolecular Hbond substituents is 1. The maximum atomic E-state index is 13.7. The third-order valence-electron chi connectivity index (χ3n) is 6.74. The number of hydrazine groups is 1. The second kappa shape index (κ2) is 10.0. The van der Waals surface area contributed by atoms with E-state index in [9.17, 15) is 20.0 Å². The molecule has 4 rings (SSSR count). The number of allylic oxidation sites excluding steroid dienone is 3.